The number of hydrogen-bond acceptors (Lipinski definition) is 4. The first-order chi connectivity index (χ1) is 17.0. The van der Waals surface area contributed by atoms with Gasteiger partial charge in [-0.3, -0.25) is 13.9 Å². The maximum Gasteiger partial charge on any atom is 0.264 e. The summed E-state index contributed by atoms with van der Waals surface area (Å²) in [6.07, 6.45) is 0. The lowest BCUT2D eigenvalue weighted by Gasteiger charge is -2.31. The molecule has 0 spiro atoms. The summed E-state index contributed by atoms with van der Waals surface area (Å²) in [7, 11) is -2.65. The van der Waals surface area contributed by atoms with Gasteiger partial charge in [-0.15, -0.1) is 0 Å². The van der Waals surface area contributed by atoms with E-state index in [1.807, 2.05) is 13.8 Å². The van der Waals surface area contributed by atoms with E-state index in [2.05, 4.69) is 5.32 Å². The summed E-state index contributed by atoms with van der Waals surface area (Å²) < 4.78 is 41.8. The number of hydrogen-bond donors (Lipinski definition) is 1. The van der Waals surface area contributed by atoms with Crippen LogP contribution in [0.2, 0.25) is 0 Å². The van der Waals surface area contributed by atoms with Crippen molar-refractivity contribution in [2.24, 2.45) is 0 Å². The van der Waals surface area contributed by atoms with Gasteiger partial charge in [-0.25, -0.2) is 12.8 Å². The SMILES string of the molecule is CNC(=O)[C@@H](C)N(Cc1ccc(F)cc1)C(=O)CN(c1ccc(C)cc1)S(=O)(=O)c1ccc(C)cc1. The van der Waals surface area contributed by atoms with E-state index >= 15 is 0 Å². The Balaban J connectivity index is 2.01. The molecule has 1 N–H and O–H groups in total. The van der Waals surface area contributed by atoms with Crippen molar-refractivity contribution in [3.8, 4) is 0 Å². The Labute approximate surface area is 211 Å². The van der Waals surface area contributed by atoms with Crippen molar-refractivity contribution in [1.82, 2.24) is 10.2 Å². The molecule has 3 aromatic rings. The normalized spacial score (nSPS) is 12.0. The molecule has 0 heterocycles. The number of rotatable bonds is 9. The van der Waals surface area contributed by atoms with E-state index in [4.69, 9.17) is 0 Å². The largest absolute Gasteiger partial charge is 0.357 e. The van der Waals surface area contributed by atoms with E-state index in [1.54, 1.807) is 43.3 Å². The van der Waals surface area contributed by atoms with E-state index in [-0.39, 0.29) is 11.4 Å². The van der Waals surface area contributed by atoms with Crippen LogP contribution in [0.3, 0.4) is 0 Å². The highest BCUT2D eigenvalue weighted by Gasteiger charge is 2.32. The fourth-order valence-corrected chi connectivity index (χ4v) is 5.07. The number of amides is 2. The van der Waals surface area contributed by atoms with Crippen LogP contribution < -0.4 is 9.62 Å². The fraction of sp³-hybridized carbons (Fsp3) is 0.259. The highest BCUT2D eigenvalue weighted by molar-refractivity contribution is 7.92. The summed E-state index contributed by atoms with van der Waals surface area (Å²) in [6.45, 7) is 4.77. The second kappa shape index (κ2) is 11.3. The van der Waals surface area contributed by atoms with Gasteiger partial charge in [-0.1, -0.05) is 47.5 Å². The molecular weight excluding hydrogens is 481 g/mol. The van der Waals surface area contributed by atoms with Crippen molar-refractivity contribution >= 4 is 27.5 Å². The first kappa shape index (κ1) is 26.9. The fourth-order valence-electron chi connectivity index (χ4n) is 3.66. The van der Waals surface area contributed by atoms with E-state index in [0.29, 0.717) is 11.3 Å². The number of aryl methyl sites for hydroxylation is 2. The third kappa shape index (κ3) is 6.28. The molecule has 190 valence electrons. The molecule has 0 fully saturated rings. The van der Waals surface area contributed by atoms with Gasteiger partial charge < -0.3 is 10.2 Å². The smallest absolute Gasteiger partial charge is 0.264 e. The first-order valence-corrected chi connectivity index (χ1v) is 12.9. The molecule has 1 atom stereocenters. The molecule has 3 aromatic carbocycles. The minimum Gasteiger partial charge on any atom is -0.357 e. The van der Waals surface area contributed by atoms with Crippen molar-refractivity contribution in [2.75, 3.05) is 17.9 Å². The number of nitrogens with zero attached hydrogens (tertiary/aromatic N) is 2. The molecule has 0 saturated heterocycles. The summed E-state index contributed by atoms with van der Waals surface area (Å²) in [5.41, 5.74) is 2.76. The van der Waals surface area contributed by atoms with Crippen LogP contribution in [0.5, 0.6) is 0 Å². The van der Waals surface area contributed by atoms with E-state index < -0.39 is 40.2 Å². The van der Waals surface area contributed by atoms with Gasteiger partial charge in [0.2, 0.25) is 11.8 Å². The lowest BCUT2D eigenvalue weighted by molar-refractivity contribution is -0.139. The average Bonchev–Trinajstić information content (AvgIpc) is 2.86. The monoisotopic (exact) mass is 511 g/mol. The van der Waals surface area contributed by atoms with Gasteiger partial charge in [0.15, 0.2) is 0 Å². The number of benzene rings is 3. The lowest BCUT2D eigenvalue weighted by Crippen LogP contribution is -2.50. The van der Waals surface area contributed by atoms with Gasteiger partial charge in [0.25, 0.3) is 10.0 Å². The number of sulfonamides is 1. The molecule has 0 bridgehead atoms. The topological polar surface area (TPSA) is 86.8 Å². The van der Waals surface area contributed by atoms with Crippen molar-refractivity contribution in [3.63, 3.8) is 0 Å². The Morgan fingerprint density at radius 3 is 1.94 bits per heavy atom. The zero-order chi connectivity index (χ0) is 26.5. The van der Waals surface area contributed by atoms with Crippen LogP contribution in [0, 0.1) is 19.7 Å². The van der Waals surface area contributed by atoms with Crippen LogP contribution in [0.4, 0.5) is 10.1 Å². The van der Waals surface area contributed by atoms with Crippen LogP contribution in [0.15, 0.2) is 77.7 Å². The third-order valence-electron chi connectivity index (χ3n) is 5.89. The summed E-state index contributed by atoms with van der Waals surface area (Å²) in [4.78, 5) is 27.4. The van der Waals surface area contributed by atoms with E-state index in [0.717, 1.165) is 15.4 Å². The van der Waals surface area contributed by atoms with Crippen LogP contribution in [0.25, 0.3) is 0 Å². The van der Waals surface area contributed by atoms with E-state index in [1.165, 1.54) is 48.3 Å². The standard InChI is InChI=1S/C27H30FN3O4S/c1-19-5-13-24(14-6-19)31(36(34,35)25-15-7-20(2)8-16-25)18-26(32)30(21(3)27(33)29-4)17-22-9-11-23(28)12-10-22/h5-16,21H,17-18H2,1-4H3,(H,29,33)/t21-/m1/s1. The molecule has 0 aliphatic heterocycles. The molecule has 9 heteroatoms. The quantitative estimate of drug-likeness (QED) is 0.474. The second-order valence-electron chi connectivity index (χ2n) is 8.60. The minimum absolute atomic E-state index is 0.0000170. The van der Waals surface area contributed by atoms with Gasteiger partial charge in [-0.05, 0) is 62.7 Å². The Morgan fingerprint density at radius 2 is 1.42 bits per heavy atom. The molecular formula is C27H30FN3O4S. The maximum absolute atomic E-state index is 13.7. The number of likely N-dealkylation sites (N-methyl/N-ethyl adjacent to an activating group) is 1. The van der Waals surface area contributed by atoms with Crippen LogP contribution in [-0.4, -0.2) is 44.8 Å². The van der Waals surface area contributed by atoms with Crippen LogP contribution in [-0.2, 0) is 26.2 Å². The predicted molar refractivity (Wildman–Crippen MR) is 137 cm³/mol. The number of nitrogens with one attached hydrogen (secondary N) is 1. The highest BCUT2D eigenvalue weighted by atomic mass is 32.2. The number of anilines is 1. The number of carbonyl (C=O) groups is 2. The van der Waals surface area contributed by atoms with Crippen LogP contribution in [0.1, 0.15) is 23.6 Å². The lowest BCUT2D eigenvalue weighted by atomic mass is 10.1. The number of halogens is 1. The number of carbonyl (C=O) groups excluding carboxylic acids is 2. The van der Waals surface area contributed by atoms with Gasteiger partial charge in [0.05, 0.1) is 10.6 Å². The third-order valence-corrected chi connectivity index (χ3v) is 7.68. The Kier molecular flexibility index (Phi) is 8.47. The highest BCUT2D eigenvalue weighted by Crippen LogP contribution is 2.25. The molecule has 0 unspecified atom stereocenters. The summed E-state index contributed by atoms with van der Waals surface area (Å²) >= 11 is 0. The van der Waals surface area contributed by atoms with Gasteiger partial charge in [0.1, 0.15) is 18.4 Å². The molecule has 3 rings (SSSR count). The summed E-state index contributed by atoms with van der Waals surface area (Å²) in [5, 5.41) is 2.52. The molecule has 36 heavy (non-hydrogen) atoms. The van der Waals surface area contributed by atoms with Crippen molar-refractivity contribution < 1.29 is 22.4 Å². The zero-order valence-corrected chi connectivity index (χ0v) is 21.5. The Morgan fingerprint density at radius 1 is 0.889 bits per heavy atom. The van der Waals surface area contributed by atoms with Gasteiger partial charge in [0, 0.05) is 13.6 Å². The molecule has 7 nitrogen and oxygen atoms in total. The second-order valence-corrected chi connectivity index (χ2v) is 10.5. The van der Waals surface area contributed by atoms with Gasteiger partial charge in [-0.2, -0.15) is 0 Å². The summed E-state index contributed by atoms with van der Waals surface area (Å²) in [5.74, 6) is -1.41. The molecule has 0 aromatic heterocycles. The van der Waals surface area contributed by atoms with Crippen LogP contribution >= 0.6 is 0 Å². The zero-order valence-electron chi connectivity index (χ0n) is 20.7. The molecule has 0 saturated carbocycles. The maximum atomic E-state index is 13.7. The molecule has 0 aliphatic carbocycles. The molecule has 2 amide bonds. The van der Waals surface area contributed by atoms with Crippen molar-refractivity contribution in [1.29, 1.82) is 0 Å². The summed E-state index contributed by atoms with van der Waals surface area (Å²) in [6, 6.07) is 17.9. The molecule has 0 radical (unpaired) electrons. The van der Waals surface area contributed by atoms with Crippen molar-refractivity contribution in [2.45, 2.75) is 38.3 Å². The average molecular weight is 512 g/mol. The van der Waals surface area contributed by atoms with E-state index in [9.17, 15) is 22.4 Å². The van der Waals surface area contributed by atoms with Gasteiger partial charge >= 0.3 is 0 Å². The molecule has 0 aliphatic rings. The minimum atomic E-state index is -4.11. The predicted octanol–water partition coefficient (Wildman–Crippen LogP) is 3.80. The Bertz CT molecular complexity index is 1310. The van der Waals surface area contributed by atoms with Crippen molar-refractivity contribution in [3.05, 3.63) is 95.3 Å². The Hall–Kier alpha value is -3.72. The first-order valence-electron chi connectivity index (χ1n) is 11.4.